The van der Waals surface area contributed by atoms with E-state index in [1.807, 2.05) is 0 Å². The molecule has 0 spiro atoms. The predicted octanol–water partition coefficient (Wildman–Crippen LogP) is 2.57. The zero-order chi connectivity index (χ0) is 5.49. The quantitative estimate of drug-likeness (QED) is 0.521. The zero-order valence-corrected chi connectivity index (χ0v) is 6.46. The lowest BCUT2D eigenvalue weighted by molar-refractivity contribution is 0.556. The van der Waals surface area contributed by atoms with E-state index in [0.29, 0.717) is 5.41 Å². The molecule has 1 fully saturated rings. The predicted molar refractivity (Wildman–Crippen MR) is 35.7 cm³/mol. The van der Waals surface area contributed by atoms with E-state index >= 15 is 0 Å². The summed E-state index contributed by atoms with van der Waals surface area (Å²) in [6.07, 6.45) is 2.70. The van der Waals surface area contributed by atoms with E-state index in [1.165, 1.54) is 12.8 Å². The van der Waals surface area contributed by atoms with E-state index < -0.39 is 0 Å². The van der Waals surface area contributed by atoms with Gasteiger partial charge in [-0.2, -0.15) is 0 Å². The average molecular weight is 163 g/mol. The molecular formula is C6H11Br. The normalized spacial score (nSPS) is 49.3. The SMILES string of the molecule is CC[C@@]1(C)C[C@H]1Br. The molecule has 1 aliphatic rings. The molecule has 1 saturated carbocycles. The Labute approximate surface area is 53.4 Å². The van der Waals surface area contributed by atoms with E-state index in [0.717, 1.165) is 4.83 Å². The van der Waals surface area contributed by atoms with Gasteiger partial charge in [0.15, 0.2) is 0 Å². The second kappa shape index (κ2) is 1.48. The summed E-state index contributed by atoms with van der Waals surface area (Å²) in [5.74, 6) is 0. The molecule has 0 aromatic carbocycles. The van der Waals surface area contributed by atoms with Gasteiger partial charge in [-0.3, -0.25) is 0 Å². The van der Waals surface area contributed by atoms with Crippen LogP contribution in [0.5, 0.6) is 0 Å². The minimum absolute atomic E-state index is 0.667. The van der Waals surface area contributed by atoms with Crippen molar-refractivity contribution in [2.24, 2.45) is 5.41 Å². The fourth-order valence-electron chi connectivity index (χ4n) is 0.716. The molecule has 2 atom stereocenters. The molecule has 0 bridgehead atoms. The number of alkyl halides is 1. The molecule has 0 N–H and O–H groups in total. The van der Waals surface area contributed by atoms with Crippen molar-refractivity contribution in [3.05, 3.63) is 0 Å². The van der Waals surface area contributed by atoms with Crippen LogP contribution in [0, 0.1) is 5.41 Å². The first-order valence-corrected chi connectivity index (χ1v) is 3.75. The van der Waals surface area contributed by atoms with E-state index in [1.54, 1.807) is 0 Å². The monoisotopic (exact) mass is 162 g/mol. The molecular weight excluding hydrogens is 152 g/mol. The molecule has 0 aromatic rings. The Morgan fingerprint density at radius 3 is 2.29 bits per heavy atom. The van der Waals surface area contributed by atoms with Crippen LogP contribution in [0.1, 0.15) is 26.7 Å². The van der Waals surface area contributed by atoms with Crippen LogP contribution < -0.4 is 0 Å². The molecule has 0 unspecified atom stereocenters. The minimum atomic E-state index is 0.667. The fourth-order valence-corrected chi connectivity index (χ4v) is 1.78. The second-order valence-corrected chi connectivity index (χ2v) is 3.78. The Hall–Kier alpha value is 0.480. The maximum absolute atomic E-state index is 3.56. The highest BCUT2D eigenvalue weighted by molar-refractivity contribution is 9.09. The summed E-state index contributed by atoms with van der Waals surface area (Å²) < 4.78 is 0. The molecule has 0 aliphatic heterocycles. The van der Waals surface area contributed by atoms with Crippen molar-refractivity contribution in [2.45, 2.75) is 31.5 Å². The van der Waals surface area contributed by atoms with Crippen molar-refractivity contribution in [3.63, 3.8) is 0 Å². The van der Waals surface area contributed by atoms with E-state index in [4.69, 9.17) is 0 Å². The maximum Gasteiger partial charge on any atom is 0.0205 e. The molecule has 0 radical (unpaired) electrons. The summed E-state index contributed by atoms with van der Waals surface area (Å²) >= 11 is 3.56. The van der Waals surface area contributed by atoms with Crippen LogP contribution in [0.4, 0.5) is 0 Å². The molecule has 7 heavy (non-hydrogen) atoms. The van der Waals surface area contributed by atoms with Crippen LogP contribution in [-0.4, -0.2) is 4.83 Å². The lowest BCUT2D eigenvalue weighted by atomic mass is 10.1. The molecule has 0 nitrogen and oxygen atoms in total. The van der Waals surface area contributed by atoms with E-state index in [2.05, 4.69) is 29.8 Å². The lowest BCUT2D eigenvalue weighted by Crippen LogP contribution is -1.91. The highest BCUT2D eigenvalue weighted by Crippen LogP contribution is 2.53. The summed E-state index contributed by atoms with van der Waals surface area (Å²) in [7, 11) is 0. The number of halogens is 1. The van der Waals surface area contributed by atoms with Crippen molar-refractivity contribution >= 4 is 15.9 Å². The molecule has 0 aromatic heterocycles. The Balaban J connectivity index is 2.36. The van der Waals surface area contributed by atoms with Gasteiger partial charge < -0.3 is 0 Å². The van der Waals surface area contributed by atoms with Gasteiger partial charge in [-0.05, 0) is 18.3 Å². The number of hydrogen-bond acceptors (Lipinski definition) is 0. The van der Waals surface area contributed by atoms with Crippen LogP contribution in [-0.2, 0) is 0 Å². The van der Waals surface area contributed by atoms with Crippen molar-refractivity contribution in [2.75, 3.05) is 0 Å². The van der Waals surface area contributed by atoms with E-state index in [-0.39, 0.29) is 0 Å². The molecule has 0 amide bonds. The van der Waals surface area contributed by atoms with Gasteiger partial charge in [0.2, 0.25) is 0 Å². The molecule has 42 valence electrons. The third kappa shape index (κ3) is 0.835. The first-order valence-electron chi connectivity index (χ1n) is 2.83. The van der Waals surface area contributed by atoms with Crippen molar-refractivity contribution in [1.29, 1.82) is 0 Å². The first kappa shape index (κ1) is 5.61. The molecule has 1 aliphatic carbocycles. The minimum Gasteiger partial charge on any atom is -0.0885 e. The van der Waals surface area contributed by atoms with Gasteiger partial charge in [0.1, 0.15) is 0 Å². The number of hydrogen-bond donors (Lipinski definition) is 0. The Morgan fingerprint density at radius 2 is 2.29 bits per heavy atom. The van der Waals surface area contributed by atoms with Gasteiger partial charge in [-0.1, -0.05) is 29.8 Å². The number of rotatable bonds is 1. The largest absolute Gasteiger partial charge is 0.0885 e. The van der Waals surface area contributed by atoms with Crippen molar-refractivity contribution in [1.82, 2.24) is 0 Å². The smallest absolute Gasteiger partial charge is 0.0205 e. The zero-order valence-electron chi connectivity index (χ0n) is 4.87. The highest BCUT2D eigenvalue weighted by Gasteiger charge is 2.46. The summed E-state index contributed by atoms with van der Waals surface area (Å²) in [6.45, 7) is 4.58. The Kier molecular flexibility index (Phi) is 1.18. The molecule has 1 heteroatoms. The van der Waals surface area contributed by atoms with Gasteiger partial charge >= 0.3 is 0 Å². The van der Waals surface area contributed by atoms with Crippen LogP contribution in [0.2, 0.25) is 0 Å². The van der Waals surface area contributed by atoms with Crippen molar-refractivity contribution in [3.8, 4) is 0 Å². The standard InChI is InChI=1S/C6H11Br/c1-3-6(2)4-5(6)7/h5H,3-4H2,1-2H3/t5-,6+/m1/s1. The van der Waals surface area contributed by atoms with Crippen LogP contribution in [0.15, 0.2) is 0 Å². The highest BCUT2D eigenvalue weighted by atomic mass is 79.9. The van der Waals surface area contributed by atoms with Gasteiger partial charge in [0.25, 0.3) is 0 Å². The lowest BCUT2D eigenvalue weighted by Gasteiger charge is -1.99. The molecule has 0 heterocycles. The van der Waals surface area contributed by atoms with E-state index in [9.17, 15) is 0 Å². The van der Waals surface area contributed by atoms with Crippen LogP contribution in [0.3, 0.4) is 0 Å². The van der Waals surface area contributed by atoms with Gasteiger partial charge in [-0.15, -0.1) is 0 Å². The average Bonchev–Trinajstić information content (AvgIpc) is 2.18. The Bertz CT molecular complexity index is 76.2. The maximum atomic E-state index is 3.56. The second-order valence-electron chi connectivity index (χ2n) is 2.68. The molecule has 1 rings (SSSR count). The van der Waals surface area contributed by atoms with Gasteiger partial charge in [0.05, 0.1) is 0 Å². The van der Waals surface area contributed by atoms with Gasteiger partial charge in [0, 0.05) is 4.83 Å². The third-order valence-corrected chi connectivity index (χ3v) is 3.48. The first-order chi connectivity index (χ1) is 3.19. The van der Waals surface area contributed by atoms with Crippen LogP contribution in [0.25, 0.3) is 0 Å². The van der Waals surface area contributed by atoms with Crippen molar-refractivity contribution < 1.29 is 0 Å². The van der Waals surface area contributed by atoms with Gasteiger partial charge in [-0.25, -0.2) is 0 Å². The topological polar surface area (TPSA) is 0 Å². The fraction of sp³-hybridized carbons (Fsp3) is 1.00. The molecule has 0 saturated heterocycles. The third-order valence-electron chi connectivity index (χ3n) is 2.05. The summed E-state index contributed by atoms with van der Waals surface area (Å²) in [4.78, 5) is 0.824. The summed E-state index contributed by atoms with van der Waals surface area (Å²) in [5.41, 5.74) is 0.667. The Morgan fingerprint density at radius 1 is 1.86 bits per heavy atom. The summed E-state index contributed by atoms with van der Waals surface area (Å²) in [5, 5.41) is 0. The van der Waals surface area contributed by atoms with Crippen LogP contribution >= 0.6 is 15.9 Å². The summed E-state index contributed by atoms with van der Waals surface area (Å²) in [6, 6.07) is 0.